The molecule has 100 valence electrons. The quantitative estimate of drug-likeness (QED) is 0.832. The van der Waals surface area contributed by atoms with Gasteiger partial charge in [0.05, 0.1) is 5.69 Å². The number of likely N-dealkylation sites (tertiary alicyclic amines) is 1. The molecule has 6 heteroatoms. The van der Waals surface area contributed by atoms with E-state index in [1.165, 1.54) is 26.2 Å². The van der Waals surface area contributed by atoms with E-state index < -0.39 is 0 Å². The lowest BCUT2D eigenvalue weighted by molar-refractivity contribution is 0.301. The summed E-state index contributed by atoms with van der Waals surface area (Å²) < 4.78 is 2.12. The molecule has 2 fully saturated rings. The van der Waals surface area contributed by atoms with E-state index in [4.69, 9.17) is 0 Å². The molecule has 0 spiro atoms. The van der Waals surface area contributed by atoms with Crippen LogP contribution in [-0.4, -0.2) is 36.1 Å². The monoisotopic (exact) mass is 395 g/mol. The first kappa shape index (κ1) is 14.7. The zero-order valence-corrected chi connectivity index (χ0v) is 13.9. The molecule has 3 rings (SSSR count). The van der Waals surface area contributed by atoms with Gasteiger partial charge in [0.1, 0.15) is 0 Å². The van der Waals surface area contributed by atoms with Crippen LogP contribution in [0.3, 0.4) is 0 Å². The van der Waals surface area contributed by atoms with Crippen LogP contribution in [0.15, 0.2) is 21.2 Å². The molecule has 0 unspecified atom stereocenters. The number of fused-ring (bicyclic) bond motifs is 1. The number of pyridine rings is 1. The van der Waals surface area contributed by atoms with Crippen LogP contribution >= 0.6 is 44.3 Å². The van der Waals surface area contributed by atoms with E-state index in [1.807, 2.05) is 6.20 Å². The highest BCUT2D eigenvalue weighted by Crippen LogP contribution is 2.28. The van der Waals surface area contributed by atoms with Gasteiger partial charge in [-0.05, 0) is 62.9 Å². The summed E-state index contributed by atoms with van der Waals surface area (Å²) >= 11 is 7.02. The molecule has 1 aromatic heterocycles. The van der Waals surface area contributed by atoms with Gasteiger partial charge in [-0.2, -0.15) is 0 Å². The predicted molar refractivity (Wildman–Crippen MR) is 82.0 cm³/mol. The van der Waals surface area contributed by atoms with Crippen LogP contribution in [0.25, 0.3) is 0 Å². The summed E-state index contributed by atoms with van der Waals surface area (Å²) in [5.41, 5.74) is 1.14. The zero-order valence-electron chi connectivity index (χ0n) is 9.90. The van der Waals surface area contributed by atoms with E-state index in [0.717, 1.165) is 33.0 Å². The number of aromatic nitrogens is 1. The lowest BCUT2D eigenvalue weighted by Gasteiger charge is -2.17. The standard InChI is InChI=1S/C12H15Br2N3.ClH/c13-10-1-11(14)12(16-4-10)7-17-5-8-2-15-3-9(8)6-17;/h1,4,8-9,15H,2-3,5-7H2;1H/t8-,9+;. The molecule has 0 aromatic carbocycles. The Hall–Kier alpha value is 0.320. The molecule has 2 saturated heterocycles. The highest BCUT2D eigenvalue weighted by Gasteiger charge is 2.36. The summed E-state index contributed by atoms with van der Waals surface area (Å²) in [6, 6.07) is 2.07. The minimum absolute atomic E-state index is 0. The largest absolute Gasteiger partial charge is 0.316 e. The molecule has 18 heavy (non-hydrogen) atoms. The Bertz CT molecular complexity index is 418. The van der Waals surface area contributed by atoms with Gasteiger partial charge in [-0.1, -0.05) is 0 Å². The fraction of sp³-hybridized carbons (Fsp3) is 0.583. The Morgan fingerprint density at radius 3 is 2.56 bits per heavy atom. The van der Waals surface area contributed by atoms with E-state index in [1.54, 1.807) is 0 Å². The lowest BCUT2D eigenvalue weighted by Crippen LogP contribution is -2.25. The summed E-state index contributed by atoms with van der Waals surface area (Å²) in [5.74, 6) is 1.70. The van der Waals surface area contributed by atoms with E-state index >= 15 is 0 Å². The third-order valence-electron chi connectivity index (χ3n) is 3.72. The Morgan fingerprint density at radius 2 is 1.94 bits per heavy atom. The molecule has 3 heterocycles. The molecular formula is C12H16Br2ClN3. The number of nitrogens with zero attached hydrogens (tertiary/aromatic N) is 2. The van der Waals surface area contributed by atoms with Crippen molar-refractivity contribution in [1.29, 1.82) is 0 Å². The van der Waals surface area contributed by atoms with Crippen LogP contribution in [-0.2, 0) is 6.54 Å². The van der Waals surface area contributed by atoms with Crippen LogP contribution in [0.4, 0.5) is 0 Å². The molecule has 2 aliphatic heterocycles. The van der Waals surface area contributed by atoms with E-state index in [0.29, 0.717) is 0 Å². The van der Waals surface area contributed by atoms with Crippen molar-refractivity contribution in [1.82, 2.24) is 15.2 Å². The van der Waals surface area contributed by atoms with Crippen molar-refractivity contribution in [2.24, 2.45) is 11.8 Å². The minimum Gasteiger partial charge on any atom is -0.316 e. The first-order valence-electron chi connectivity index (χ1n) is 5.95. The SMILES string of the molecule is Brc1cnc(CN2C[C@H]3CNC[C@H]3C2)c(Br)c1.Cl. The van der Waals surface area contributed by atoms with Crippen molar-refractivity contribution in [3.63, 3.8) is 0 Å². The fourth-order valence-corrected chi connectivity index (χ4v) is 3.97. The first-order valence-corrected chi connectivity index (χ1v) is 7.54. The summed E-state index contributed by atoms with van der Waals surface area (Å²) in [6.07, 6.45) is 1.87. The average Bonchev–Trinajstić information content (AvgIpc) is 2.82. The highest BCUT2D eigenvalue weighted by molar-refractivity contribution is 9.11. The smallest absolute Gasteiger partial charge is 0.0686 e. The highest BCUT2D eigenvalue weighted by atomic mass is 79.9. The molecular weight excluding hydrogens is 381 g/mol. The second-order valence-corrected chi connectivity index (χ2v) is 6.72. The van der Waals surface area contributed by atoms with E-state index in [2.05, 4.69) is 53.1 Å². The molecule has 0 radical (unpaired) electrons. The van der Waals surface area contributed by atoms with Gasteiger partial charge in [-0.25, -0.2) is 0 Å². The molecule has 3 nitrogen and oxygen atoms in total. The number of rotatable bonds is 2. The van der Waals surface area contributed by atoms with Gasteiger partial charge in [-0.15, -0.1) is 12.4 Å². The maximum absolute atomic E-state index is 4.48. The number of hydrogen-bond acceptors (Lipinski definition) is 3. The van der Waals surface area contributed by atoms with Crippen LogP contribution in [0.1, 0.15) is 5.69 Å². The van der Waals surface area contributed by atoms with Crippen LogP contribution in [0.2, 0.25) is 0 Å². The lowest BCUT2D eigenvalue weighted by atomic mass is 10.0. The Balaban J connectivity index is 0.00000120. The second kappa shape index (κ2) is 6.18. The van der Waals surface area contributed by atoms with Gasteiger partial charge in [0.25, 0.3) is 0 Å². The number of nitrogens with one attached hydrogen (secondary N) is 1. The predicted octanol–water partition coefficient (Wildman–Crippen LogP) is 2.68. The molecule has 1 N–H and O–H groups in total. The van der Waals surface area contributed by atoms with Crippen molar-refractivity contribution in [2.75, 3.05) is 26.2 Å². The Kier molecular flexibility index (Phi) is 5.06. The van der Waals surface area contributed by atoms with Crippen LogP contribution in [0, 0.1) is 11.8 Å². The van der Waals surface area contributed by atoms with Crippen LogP contribution in [0.5, 0.6) is 0 Å². The van der Waals surface area contributed by atoms with Crippen molar-refractivity contribution in [3.8, 4) is 0 Å². The topological polar surface area (TPSA) is 28.2 Å². The second-order valence-electron chi connectivity index (χ2n) is 4.95. The Morgan fingerprint density at radius 1 is 1.28 bits per heavy atom. The van der Waals surface area contributed by atoms with Gasteiger partial charge in [0.15, 0.2) is 0 Å². The normalized spacial score (nSPS) is 27.0. The van der Waals surface area contributed by atoms with E-state index in [9.17, 15) is 0 Å². The maximum atomic E-state index is 4.48. The van der Waals surface area contributed by atoms with Crippen molar-refractivity contribution < 1.29 is 0 Å². The summed E-state index contributed by atoms with van der Waals surface area (Å²) in [7, 11) is 0. The van der Waals surface area contributed by atoms with Gasteiger partial charge >= 0.3 is 0 Å². The Labute approximate surface area is 130 Å². The maximum Gasteiger partial charge on any atom is 0.0686 e. The average molecular weight is 398 g/mol. The molecule has 1 aromatic rings. The molecule has 0 aliphatic carbocycles. The van der Waals surface area contributed by atoms with E-state index in [-0.39, 0.29) is 12.4 Å². The summed E-state index contributed by atoms with van der Waals surface area (Å²) in [5, 5.41) is 3.47. The van der Waals surface area contributed by atoms with Crippen molar-refractivity contribution in [2.45, 2.75) is 6.54 Å². The molecule has 0 bridgehead atoms. The number of halogens is 3. The first-order chi connectivity index (χ1) is 8.22. The third-order valence-corrected chi connectivity index (χ3v) is 4.84. The van der Waals surface area contributed by atoms with Crippen LogP contribution < -0.4 is 5.32 Å². The molecule has 0 saturated carbocycles. The van der Waals surface area contributed by atoms with Gasteiger partial charge in [-0.3, -0.25) is 9.88 Å². The van der Waals surface area contributed by atoms with Crippen molar-refractivity contribution in [3.05, 3.63) is 26.9 Å². The molecule has 0 amide bonds. The summed E-state index contributed by atoms with van der Waals surface area (Å²) in [4.78, 5) is 7.01. The molecule has 2 atom stereocenters. The van der Waals surface area contributed by atoms with Crippen molar-refractivity contribution >= 4 is 44.3 Å². The fourth-order valence-electron chi connectivity index (χ4n) is 2.85. The van der Waals surface area contributed by atoms with Gasteiger partial charge < -0.3 is 5.32 Å². The molecule has 2 aliphatic rings. The minimum atomic E-state index is 0. The zero-order chi connectivity index (χ0) is 11.8. The summed E-state index contributed by atoms with van der Waals surface area (Å²) in [6.45, 7) is 5.76. The number of hydrogen-bond donors (Lipinski definition) is 1. The van der Waals surface area contributed by atoms with Gasteiger partial charge in [0, 0.05) is 34.8 Å². The third kappa shape index (κ3) is 3.07. The van der Waals surface area contributed by atoms with Gasteiger partial charge in [0.2, 0.25) is 0 Å².